The van der Waals surface area contributed by atoms with Crippen LogP contribution in [0.4, 0.5) is 5.82 Å². The topological polar surface area (TPSA) is 75.9 Å². The number of benzene rings is 2. The SMILES string of the molecule is CC(C)Sc1nc(N2CCCCC2)c2cnn(CCNC(=O)Cc3cccc4ccccc34)c2n1. The molecule has 1 aliphatic rings. The molecule has 2 aromatic heterocycles. The summed E-state index contributed by atoms with van der Waals surface area (Å²) in [5.74, 6) is 1.00. The number of anilines is 1. The third-order valence-electron chi connectivity index (χ3n) is 6.33. The molecule has 1 fully saturated rings. The van der Waals surface area contributed by atoms with Gasteiger partial charge in [0.1, 0.15) is 5.82 Å². The summed E-state index contributed by atoms with van der Waals surface area (Å²) in [6.45, 7) is 7.41. The summed E-state index contributed by atoms with van der Waals surface area (Å²) in [5.41, 5.74) is 1.88. The number of piperidine rings is 1. The van der Waals surface area contributed by atoms with Gasteiger partial charge in [-0.3, -0.25) is 4.79 Å². The second-order valence-corrected chi connectivity index (χ2v) is 10.9. The van der Waals surface area contributed by atoms with Gasteiger partial charge in [0, 0.05) is 24.9 Å². The highest BCUT2D eigenvalue weighted by Gasteiger charge is 2.20. The highest BCUT2D eigenvalue weighted by Crippen LogP contribution is 2.30. The summed E-state index contributed by atoms with van der Waals surface area (Å²) in [7, 11) is 0. The lowest BCUT2D eigenvalue weighted by molar-refractivity contribution is -0.120. The highest BCUT2D eigenvalue weighted by atomic mass is 32.2. The predicted octanol–water partition coefficient (Wildman–Crippen LogP) is 4.83. The summed E-state index contributed by atoms with van der Waals surface area (Å²) in [6.07, 6.45) is 5.89. The molecular formula is C27H32N6OS. The summed E-state index contributed by atoms with van der Waals surface area (Å²) in [6, 6.07) is 14.3. The van der Waals surface area contributed by atoms with Crippen LogP contribution in [0.25, 0.3) is 21.8 Å². The van der Waals surface area contributed by atoms with Crippen molar-refractivity contribution in [2.24, 2.45) is 0 Å². The molecule has 2 aromatic carbocycles. The van der Waals surface area contributed by atoms with Crippen LogP contribution in [0.1, 0.15) is 38.7 Å². The van der Waals surface area contributed by atoms with Gasteiger partial charge in [-0.05, 0) is 35.6 Å². The van der Waals surface area contributed by atoms with Crippen molar-refractivity contribution < 1.29 is 4.79 Å². The van der Waals surface area contributed by atoms with E-state index in [1.54, 1.807) is 11.8 Å². The minimum Gasteiger partial charge on any atom is -0.356 e. The van der Waals surface area contributed by atoms with E-state index < -0.39 is 0 Å². The molecule has 1 saturated heterocycles. The van der Waals surface area contributed by atoms with Gasteiger partial charge < -0.3 is 10.2 Å². The first-order valence-corrected chi connectivity index (χ1v) is 13.3. The molecule has 8 heteroatoms. The maximum atomic E-state index is 12.7. The van der Waals surface area contributed by atoms with E-state index in [2.05, 4.69) is 47.4 Å². The number of carbonyl (C=O) groups excluding carboxylic acids is 1. The van der Waals surface area contributed by atoms with Gasteiger partial charge >= 0.3 is 0 Å². The van der Waals surface area contributed by atoms with E-state index in [1.807, 2.05) is 35.1 Å². The Kier molecular flexibility index (Phi) is 7.18. The minimum atomic E-state index is 0.0116. The molecule has 7 nitrogen and oxygen atoms in total. The van der Waals surface area contributed by atoms with E-state index in [1.165, 1.54) is 19.3 Å². The fourth-order valence-electron chi connectivity index (χ4n) is 4.68. The number of amides is 1. The van der Waals surface area contributed by atoms with Crippen molar-refractivity contribution in [2.45, 2.75) is 56.5 Å². The molecule has 182 valence electrons. The van der Waals surface area contributed by atoms with Gasteiger partial charge in [0.25, 0.3) is 0 Å². The number of aromatic nitrogens is 4. The minimum absolute atomic E-state index is 0.0116. The van der Waals surface area contributed by atoms with E-state index in [0.717, 1.165) is 51.4 Å². The quantitative estimate of drug-likeness (QED) is 0.283. The van der Waals surface area contributed by atoms with Crippen LogP contribution in [-0.2, 0) is 17.8 Å². The third kappa shape index (κ3) is 5.42. The number of nitrogens with zero attached hydrogens (tertiary/aromatic N) is 5. The van der Waals surface area contributed by atoms with Crippen molar-refractivity contribution in [2.75, 3.05) is 24.5 Å². The Labute approximate surface area is 210 Å². The first-order valence-electron chi connectivity index (χ1n) is 12.5. The first kappa shape index (κ1) is 23.6. The van der Waals surface area contributed by atoms with E-state index in [-0.39, 0.29) is 5.91 Å². The predicted molar refractivity (Wildman–Crippen MR) is 143 cm³/mol. The molecule has 0 aliphatic carbocycles. The fraction of sp³-hybridized carbons (Fsp3) is 0.407. The second-order valence-electron chi connectivity index (χ2n) is 9.31. The average molecular weight is 489 g/mol. The zero-order valence-corrected chi connectivity index (χ0v) is 21.2. The zero-order chi connectivity index (χ0) is 24.2. The number of hydrogen-bond acceptors (Lipinski definition) is 6. The number of rotatable bonds is 8. The lowest BCUT2D eigenvalue weighted by atomic mass is 10.0. The Morgan fingerprint density at radius 3 is 2.66 bits per heavy atom. The van der Waals surface area contributed by atoms with E-state index >= 15 is 0 Å². The average Bonchev–Trinajstić information content (AvgIpc) is 3.27. The highest BCUT2D eigenvalue weighted by molar-refractivity contribution is 7.99. The molecular weight excluding hydrogens is 456 g/mol. The van der Waals surface area contributed by atoms with Crippen molar-refractivity contribution in [1.82, 2.24) is 25.1 Å². The van der Waals surface area contributed by atoms with Gasteiger partial charge in [-0.25, -0.2) is 14.6 Å². The molecule has 1 aliphatic heterocycles. The van der Waals surface area contributed by atoms with Gasteiger partial charge in [-0.1, -0.05) is 68.1 Å². The van der Waals surface area contributed by atoms with Gasteiger partial charge in [0.05, 0.1) is 24.5 Å². The van der Waals surface area contributed by atoms with Crippen molar-refractivity contribution in [3.05, 3.63) is 54.2 Å². The molecule has 0 spiro atoms. The van der Waals surface area contributed by atoms with Gasteiger partial charge in [0.2, 0.25) is 5.91 Å². The molecule has 1 amide bonds. The zero-order valence-electron chi connectivity index (χ0n) is 20.4. The van der Waals surface area contributed by atoms with Crippen LogP contribution in [-0.4, -0.2) is 50.5 Å². The smallest absolute Gasteiger partial charge is 0.224 e. The van der Waals surface area contributed by atoms with Crippen LogP contribution >= 0.6 is 11.8 Å². The Balaban J connectivity index is 1.30. The molecule has 1 N–H and O–H groups in total. The number of thioether (sulfide) groups is 1. The van der Waals surface area contributed by atoms with E-state index in [0.29, 0.717) is 24.8 Å². The molecule has 0 radical (unpaired) electrons. The largest absolute Gasteiger partial charge is 0.356 e. The normalized spacial score (nSPS) is 14.2. The molecule has 0 bridgehead atoms. The van der Waals surface area contributed by atoms with E-state index in [9.17, 15) is 4.79 Å². The first-order chi connectivity index (χ1) is 17.1. The maximum absolute atomic E-state index is 12.7. The lowest BCUT2D eigenvalue weighted by Gasteiger charge is -2.28. The maximum Gasteiger partial charge on any atom is 0.224 e. The molecule has 0 saturated carbocycles. The molecule has 35 heavy (non-hydrogen) atoms. The summed E-state index contributed by atoms with van der Waals surface area (Å²) in [4.78, 5) is 24.8. The standard InChI is InChI=1S/C27H32N6OS/c1-19(2)35-27-30-25(32-14-6-3-7-15-32)23-18-29-33(26(23)31-27)16-13-28-24(34)17-21-11-8-10-20-9-4-5-12-22(20)21/h4-5,8-12,18-19H,3,6-7,13-17H2,1-2H3,(H,28,34). The Morgan fingerprint density at radius 1 is 1.03 bits per heavy atom. The van der Waals surface area contributed by atoms with Gasteiger partial charge in [-0.2, -0.15) is 5.10 Å². The molecule has 3 heterocycles. The summed E-state index contributed by atoms with van der Waals surface area (Å²) >= 11 is 1.67. The fourth-order valence-corrected chi connectivity index (χ4v) is 5.38. The molecule has 0 unspecified atom stereocenters. The molecule has 0 atom stereocenters. The monoisotopic (exact) mass is 488 g/mol. The van der Waals surface area contributed by atoms with Crippen molar-refractivity contribution in [1.29, 1.82) is 0 Å². The second kappa shape index (κ2) is 10.6. The number of carbonyl (C=O) groups is 1. The molecule has 4 aromatic rings. The Morgan fingerprint density at radius 2 is 1.83 bits per heavy atom. The van der Waals surface area contributed by atoms with Crippen LogP contribution < -0.4 is 10.2 Å². The van der Waals surface area contributed by atoms with E-state index in [4.69, 9.17) is 9.97 Å². The van der Waals surface area contributed by atoms with Gasteiger partial charge in [-0.15, -0.1) is 0 Å². The Bertz CT molecular complexity index is 1320. The number of nitrogens with one attached hydrogen (secondary N) is 1. The third-order valence-corrected chi connectivity index (χ3v) is 7.19. The number of fused-ring (bicyclic) bond motifs is 2. The lowest BCUT2D eigenvalue weighted by Crippen LogP contribution is -2.30. The Hall–Kier alpha value is -3.13. The van der Waals surface area contributed by atoms with Crippen molar-refractivity contribution in [3.63, 3.8) is 0 Å². The van der Waals surface area contributed by atoms with Crippen LogP contribution in [0.3, 0.4) is 0 Å². The number of hydrogen-bond donors (Lipinski definition) is 1. The summed E-state index contributed by atoms with van der Waals surface area (Å²) in [5, 5.41) is 12.1. The van der Waals surface area contributed by atoms with Gasteiger partial charge in [0.15, 0.2) is 10.8 Å². The van der Waals surface area contributed by atoms with Crippen LogP contribution in [0.5, 0.6) is 0 Å². The molecule has 5 rings (SSSR count). The van der Waals surface area contributed by atoms with Crippen LogP contribution in [0, 0.1) is 0 Å². The van der Waals surface area contributed by atoms with Crippen LogP contribution in [0.15, 0.2) is 53.8 Å². The van der Waals surface area contributed by atoms with Crippen molar-refractivity contribution >= 4 is 45.3 Å². The summed E-state index contributed by atoms with van der Waals surface area (Å²) < 4.78 is 1.90. The van der Waals surface area contributed by atoms with Crippen molar-refractivity contribution in [3.8, 4) is 0 Å². The van der Waals surface area contributed by atoms with Crippen LogP contribution in [0.2, 0.25) is 0 Å².